The van der Waals surface area contributed by atoms with Crippen LogP contribution in [0.2, 0.25) is 0 Å². The number of aromatic nitrogens is 3. The molecule has 3 rings (SSSR count). The van der Waals surface area contributed by atoms with Gasteiger partial charge in [0.05, 0.1) is 5.69 Å². The van der Waals surface area contributed by atoms with Crippen molar-refractivity contribution in [2.75, 3.05) is 25.0 Å². The highest BCUT2D eigenvalue weighted by atomic mass is 35.5. The van der Waals surface area contributed by atoms with Crippen molar-refractivity contribution in [3.05, 3.63) is 47.2 Å². The lowest BCUT2D eigenvalue weighted by Crippen LogP contribution is -2.16. The quantitative estimate of drug-likeness (QED) is 0.750. The number of nitrogens with zero attached hydrogens (tertiary/aromatic N) is 3. The standard InChI is InChI=1S/C18H25N5.2ClH/c1-2-17-22-16-8-13-20-12-7-15(16)18(23-17)21-9-3-4-14-5-10-19-11-6-14;;/h5-6,10-11,20H,2-4,7-9,12-13H2,1H3,(H,21,22,23);2*1H. The summed E-state index contributed by atoms with van der Waals surface area (Å²) in [6.07, 6.45) is 8.74. The molecule has 2 aromatic rings. The minimum atomic E-state index is 0. The van der Waals surface area contributed by atoms with Gasteiger partial charge in [0.15, 0.2) is 0 Å². The predicted molar refractivity (Wildman–Crippen MR) is 107 cm³/mol. The van der Waals surface area contributed by atoms with Gasteiger partial charge in [-0.15, -0.1) is 24.8 Å². The Balaban J connectivity index is 0.00000156. The Labute approximate surface area is 162 Å². The first-order valence-electron chi connectivity index (χ1n) is 8.59. The van der Waals surface area contributed by atoms with Gasteiger partial charge in [0.25, 0.3) is 0 Å². The smallest absolute Gasteiger partial charge is 0.133 e. The van der Waals surface area contributed by atoms with Gasteiger partial charge in [-0.25, -0.2) is 9.97 Å². The van der Waals surface area contributed by atoms with E-state index < -0.39 is 0 Å². The molecule has 0 spiro atoms. The molecule has 0 unspecified atom stereocenters. The number of fused-ring (bicyclic) bond motifs is 1. The van der Waals surface area contributed by atoms with Crippen molar-refractivity contribution in [2.45, 2.75) is 39.0 Å². The van der Waals surface area contributed by atoms with E-state index in [-0.39, 0.29) is 24.8 Å². The first kappa shape index (κ1) is 21.6. The number of aryl methyl sites for hydroxylation is 2. The van der Waals surface area contributed by atoms with Crippen molar-refractivity contribution in [1.82, 2.24) is 20.3 Å². The third-order valence-electron chi connectivity index (χ3n) is 4.23. The number of rotatable bonds is 6. The fourth-order valence-electron chi connectivity index (χ4n) is 2.95. The van der Waals surface area contributed by atoms with Crippen LogP contribution in [0.25, 0.3) is 0 Å². The topological polar surface area (TPSA) is 62.7 Å². The lowest BCUT2D eigenvalue weighted by molar-refractivity contribution is 0.708. The molecule has 5 nitrogen and oxygen atoms in total. The molecule has 1 aliphatic rings. The number of halogens is 2. The third kappa shape index (κ3) is 6.10. The third-order valence-corrected chi connectivity index (χ3v) is 4.23. The Kier molecular flexibility index (Phi) is 9.71. The van der Waals surface area contributed by atoms with Crippen LogP contribution < -0.4 is 10.6 Å². The van der Waals surface area contributed by atoms with Crippen LogP contribution in [0.4, 0.5) is 5.82 Å². The predicted octanol–water partition coefficient (Wildman–Crippen LogP) is 3.01. The summed E-state index contributed by atoms with van der Waals surface area (Å²) in [7, 11) is 0. The summed E-state index contributed by atoms with van der Waals surface area (Å²) in [4.78, 5) is 13.5. The van der Waals surface area contributed by atoms with E-state index >= 15 is 0 Å². The molecule has 25 heavy (non-hydrogen) atoms. The summed E-state index contributed by atoms with van der Waals surface area (Å²) < 4.78 is 0. The number of pyridine rings is 1. The zero-order valence-electron chi connectivity index (χ0n) is 14.6. The molecule has 0 aromatic carbocycles. The highest BCUT2D eigenvalue weighted by Gasteiger charge is 2.15. The molecule has 2 aromatic heterocycles. The van der Waals surface area contributed by atoms with E-state index in [0.717, 1.165) is 63.4 Å². The van der Waals surface area contributed by atoms with Gasteiger partial charge in [0.2, 0.25) is 0 Å². The Morgan fingerprint density at radius 2 is 1.84 bits per heavy atom. The van der Waals surface area contributed by atoms with E-state index in [1.165, 1.54) is 16.8 Å². The van der Waals surface area contributed by atoms with Crippen LogP contribution >= 0.6 is 24.8 Å². The van der Waals surface area contributed by atoms with Crippen LogP contribution in [0.5, 0.6) is 0 Å². The molecule has 0 bridgehead atoms. The molecule has 0 aliphatic carbocycles. The summed E-state index contributed by atoms with van der Waals surface area (Å²) in [6, 6.07) is 4.16. The van der Waals surface area contributed by atoms with Gasteiger partial charge in [-0.05, 0) is 43.5 Å². The summed E-state index contributed by atoms with van der Waals surface area (Å²) in [5.74, 6) is 1.99. The molecular formula is C18H27Cl2N5. The van der Waals surface area contributed by atoms with Crippen LogP contribution in [0.3, 0.4) is 0 Å². The summed E-state index contributed by atoms with van der Waals surface area (Å²) in [5, 5.41) is 7.00. The van der Waals surface area contributed by atoms with Crippen molar-refractivity contribution < 1.29 is 0 Å². The van der Waals surface area contributed by atoms with E-state index in [0.29, 0.717) is 0 Å². The Morgan fingerprint density at radius 3 is 2.60 bits per heavy atom. The van der Waals surface area contributed by atoms with Crippen LogP contribution in [0, 0.1) is 0 Å². The number of nitrogens with one attached hydrogen (secondary N) is 2. The van der Waals surface area contributed by atoms with Crippen molar-refractivity contribution in [3.63, 3.8) is 0 Å². The Morgan fingerprint density at radius 1 is 1.08 bits per heavy atom. The summed E-state index contributed by atoms with van der Waals surface area (Å²) in [5.41, 5.74) is 3.86. The molecule has 1 aliphatic heterocycles. The molecule has 7 heteroatoms. The van der Waals surface area contributed by atoms with Crippen LogP contribution in [0.15, 0.2) is 24.5 Å². The Hall–Kier alpha value is -1.43. The maximum atomic E-state index is 4.73. The van der Waals surface area contributed by atoms with Gasteiger partial charge < -0.3 is 10.6 Å². The molecule has 0 atom stereocenters. The van der Waals surface area contributed by atoms with E-state index in [2.05, 4.69) is 34.7 Å². The molecular weight excluding hydrogens is 357 g/mol. The second-order valence-corrected chi connectivity index (χ2v) is 5.90. The normalized spacial score (nSPS) is 13.0. The van der Waals surface area contributed by atoms with Crippen molar-refractivity contribution >= 4 is 30.6 Å². The van der Waals surface area contributed by atoms with Gasteiger partial charge in [-0.1, -0.05) is 6.92 Å². The SMILES string of the molecule is CCc1nc2c(c(NCCCc3ccncc3)n1)CCNCC2.Cl.Cl. The van der Waals surface area contributed by atoms with Crippen LogP contribution in [-0.4, -0.2) is 34.6 Å². The second kappa shape index (κ2) is 11.2. The largest absolute Gasteiger partial charge is 0.370 e. The van der Waals surface area contributed by atoms with E-state index in [1.54, 1.807) is 0 Å². The Bertz CT molecular complexity index is 637. The van der Waals surface area contributed by atoms with Crippen LogP contribution in [0.1, 0.15) is 36.0 Å². The highest BCUT2D eigenvalue weighted by Crippen LogP contribution is 2.20. The average molecular weight is 384 g/mol. The zero-order chi connectivity index (χ0) is 15.9. The van der Waals surface area contributed by atoms with Crippen molar-refractivity contribution in [1.29, 1.82) is 0 Å². The fourth-order valence-corrected chi connectivity index (χ4v) is 2.95. The molecule has 2 N–H and O–H groups in total. The molecule has 138 valence electrons. The van der Waals surface area contributed by atoms with Crippen molar-refractivity contribution in [3.8, 4) is 0 Å². The van der Waals surface area contributed by atoms with Gasteiger partial charge in [-0.2, -0.15) is 0 Å². The first-order chi connectivity index (χ1) is 11.4. The van der Waals surface area contributed by atoms with Gasteiger partial charge in [0.1, 0.15) is 11.6 Å². The van der Waals surface area contributed by atoms with Crippen LogP contribution in [-0.2, 0) is 25.7 Å². The van der Waals surface area contributed by atoms with E-state index in [1.807, 2.05) is 12.4 Å². The molecule has 0 radical (unpaired) electrons. The first-order valence-corrected chi connectivity index (χ1v) is 8.59. The number of anilines is 1. The fraction of sp³-hybridized carbons (Fsp3) is 0.500. The average Bonchev–Trinajstić information content (AvgIpc) is 2.84. The number of hydrogen-bond acceptors (Lipinski definition) is 5. The highest BCUT2D eigenvalue weighted by molar-refractivity contribution is 5.85. The van der Waals surface area contributed by atoms with Gasteiger partial charge in [0, 0.05) is 43.9 Å². The second-order valence-electron chi connectivity index (χ2n) is 5.90. The summed E-state index contributed by atoms with van der Waals surface area (Å²) in [6.45, 7) is 5.06. The maximum Gasteiger partial charge on any atom is 0.133 e. The molecule has 0 saturated heterocycles. The molecule has 0 saturated carbocycles. The monoisotopic (exact) mass is 383 g/mol. The van der Waals surface area contributed by atoms with Crippen molar-refractivity contribution in [2.24, 2.45) is 0 Å². The maximum absolute atomic E-state index is 4.73. The van der Waals surface area contributed by atoms with E-state index in [4.69, 9.17) is 9.97 Å². The summed E-state index contributed by atoms with van der Waals surface area (Å²) >= 11 is 0. The lowest BCUT2D eigenvalue weighted by atomic mass is 10.1. The molecule has 0 amide bonds. The van der Waals surface area contributed by atoms with E-state index in [9.17, 15) is 0 Å². The minimum Gasteiger partial charge on any atom is -0.370 e. The van der Waals surface area contributed by atoms with Gasteiger partial charge >= 0.3 is 0 Å². The van der Waals surface area contributed by atoms with Gasteiger partial charge in [-0.3, -0.25) is 4.98 Å². The zero-order valence-corrected chi connectivity index (χ0v) is 16.3. The number of hydrogen-bond donors (Lipinski definition) is 2. The molecule has 3 heterocycles. The minimum absolute atomic E-state index is 0. The lowest BCUT2D eigenvalue weighted by Gasteiger charge is -2.14. The molecule has 0 fully saturated rings.